The Balaban J connectivity index is 0.00000172. The summed E-state index contributed by atoms with van der Waals surface area (Å²) in [4.78, 5) is 28.3. The van der Waals surface area contributed by atoms with Crippen molar-refractivity contribution in [2.45, 2.75) is 27.7 Å². The number of nitrogens with zero attached hydrogens (tertiary/aromatic N) is 4. The Hall–Kier alpha value is -4.96. The highest BCUT2D eigenvalue weighted by molar-refractivity contribution is 6.03. The standard InChI is InChI=1S/C24H20N4O6.2C2H6/c25-13-17(9-15-1-3-19(29)21(31)11-15)23(33)27-5-7-28(8-6-27)24(34)18(14-26)10-16-2-4-20(30)22(32)12-16;2*1-2/h1-4,9-12,29-32H,5-8H2;2*1-2H3/b17-9+,18-10+;;. The topological polar surface area (TPSA) is 169 Å². The van der Waals surface area contributed by atoms with Crippen molar-refractivity contribution in [2.75, 3.05) is 26.2 Å². The molecule has 0 radical (unpaired) electrons. The van der Waals surface area contributed by atoms with Crippen molar-refractivity contribution in [1.82, 2.24) is 9.80 Å². The van der Waals surface area contributed by atoms with Gasteiger partial charge in [-0.25, -0.2) is 0 Å². The number of hydrogen-bond donors (Lipinski definition) is 4. The van der Waals surface area contributed by atoms with E-state index >= 15 is 0 Å². The third-order valence-electron chi connectivity index (χ3n) is 5.18. The molecule has 38 heavy (non-hydrogen) atoms. The third-order valence-corrected chi connectivity index (χ3v) is 5.18. The summed E-state index contributed by atoms with van der Waals surface area (Å²) in [6, 6.07) is 11.5. The first-order valence-corrected chi connectivity index (χ1v) is 12.1. The second-order valence-electron chi connectivity index (χ2n) is 7.42. The predicted octanol–water partition coefficient (Wildman–Crippen LogP) is 3.75. The van der Waals surface area contributed by atoms with Crippen molar-refractivity contribution in [3.8, 4) is 35.1 Å². The number of carbonyl (C=O) groups is 2. The highest BCUT2D eigenvalue weighted by Gasteiger charge is 2.27. The highest BCUT2D eigenvalue weighted by atomic mass is 16.3. The van der Waals surface area contributed by atoms with Gasteiger partial charge in [-0.2, -0.15) is 10.5 Å². The molecule has 200 valence electrons. The fourth-order valence-electron chi connectivity index (χ4n) is 3.33. The maximum absolute atomic E-state index is 12.8. The summed E-state index contributed by atoms with van der Waals surface area (Å²) < 4.78 is 0. The Bertz CT molecular complexity index is 1180. The predicted molar refractivity (Wildman–Crippen MR) is 143 cm³/mol. The highest BCUT2D eigenvalue weighted by Crippen LogP contribution is 2.27. The smallest absolute Gasteiger partial charge is 0.264 e. The van der Waals surface area contributed by atoms with Crippen LogP contribution >= 0.6 is 0 Å². The summed E-state index contributed by atoms with van der Waals surface area (Å²) in [6.07, 6.45) is 2.59. The van der Waals surface area contributed by atoms with Crippen molar-refractivity contribution in [3.05, 3.63) is 58.7 Å². The molecule has 0 spiro atoms. The molecule has 1 heterocycles. The number of amides is 2. The van der Waals surface area contributed by atoms with Crippen LogP contribution in [0, 0.1) is 22.7 Å². The monoisotopic (exact) mass is 520 g/mol. The lowest BCUT2D eigenvalue weighted by atomic mass is 10.1. The zero-order valence-electron chi connectivity index (χ0n) is 21.8. The molecular weight excluding hydrogens is 488 g/mol. The van der Waals surface area contributed by atoms with Crippen molar-refractivity contribution in [2.24, 2.45) is 0 Å². The Morgan fingerprint density at radius 2 is 0.974 bits per heavy atom. The molecule has 2 aromatic rings. The first-order valence-electron chi connectivity index (χ1n) is 12.1. The molecule has 2 amide bonds. The van der Waals surface area contributed by atoms with E-state index in [0.717, 1.165) is 0 Å². The van der Waals surface area contributed by atoms with E-state index in [1.165, 1.54) is 58.4 Å². The number of phenols is 4. The van der Waals surface area contributed by atoms with Crippen LogP contribution in [0.25, 0.3) is 12.2 Å². The molecule has 0 bridgehead atoms. The molecule has 0 unspecified atom stereocenters. The minimum absolute atomic E-state index is 0.142. The van der Waals surface area contributed by atoms with Gasteiger partial charge in [0.15, 0.2) is 23.0 Å². The Morgan fingerprint density at radius 1 is 0.658 bits per heavy atom. The van der Waals surface area contributed by atoms with Gasteiger partial charge in [0.2, 0.25) is 0 Å². The molecule has 1 fully saturated rings. The van der Waals surface area contributed by atoms with Crippen LogP contribution in [0.5, 0.6) is 23.0 Å². The van der Waals surface area contributed by atoms with Crippen LogP contribution in [-0.4, -0.2) is 68.2 Å². The molecular formula is C28H32N4O6. The minimum Gasteiger partial charge on any atom is -0.504 e. The number of phenolic OH excluding ortho intramolecular Hbond substituents is 4. The molecule has 1 aliphatic heterocycles. The summed E-state index contributed by atoms with van der Waals surface area (Å²) in [7, 11) is 0. The maximum atomic E-state index is 12.8. The van der Waals surface area contributed by atoms with Crippen LogP contribution in [-0.2, 0) is 9.59 Å². The van der Waals surface area contributed by atoms with Crippen LogP contribution in [0.4, 0.5) is 0 Å². The van der Waals surface area contributed by atoms with E-state index in [-0.39, 0.29) is 60.3 Å². The number of rotatable bonds is 4. The molecule has 3 rings (SSSR count). The van der Waals surface area contributed by atoms with E-state index in [0.29, 0.717) is 11.1 Å². The number of hydrogen-bond acceptors (Lipinski definition) is 8. The lowest BCUT2D eigenvalue weighted by Gasteiger charge is -2.34. The molecule has 2 aromatic carbocycles. The normalized spacial score (nSPS) is 13.1. The zero-order chi connectivity index (χ0) is 28.8. The molecule has 0 atom stereocenters. The summed E-state index contributed by atoms with van der Waals surface area (Å²) in [5.41, 5.74) is 0.375. The van der Waals surface area contributed by atoms with E-state index < -0.39 is 11.8 Å². The summed E-state index contributed by atoms with van der Waals surface area (Å²) in [6.45, 7) is 8.57. The average Bonchev–Trinajstić information content (AvgIpc) is 2.95. The van der Waals surface area contributed by atoms with Crippen molar-refractivity contribution in [3.63, 3.8) is 0 Å². The van der Waals surface area contributed by atoms with Gasteiger partial charge in [0, 0.05) is 26.2 Å². The van der Waals surface area contributed by atoms with Crippen LogP contribution in [0.2, 0.25) is 0 Å². The molecule has 10 heteroatoms. The Kier molecular flexibility index (Phi) is 12.4. The number of benzene rings is 2. The lowest BCUT2D eigenvalue weighted by Crippen LogP contribution is -2.51. The molecule has 1 saturated heterocycles. The summed E-state index contributed by atoms with van der Waals surface area (Å²) >= 11 is 0. The van der Waals surface area contributed by atoms with Gasteiger partial charge in [0.25, 0.3) is 11.8 Å². The van der Waals surface area contributed by atoms with Gasteiger partial charge in [0.05, 0.1) is 0 Å². The average molecular weight is 521 g/mol. The molecule has 0 saturated carbocycles. The number of aromatic hydroxyl groups is 4. The zero-order valence-corrected chi connectivity index (χ0v) is 21.8. The largest absolute Gasteiger partial charge is 0.504 e. The van der Waals surface area contributed by atoms with Gasteiger partial charge >= 0.3 is 0 Å². The second kappa shape index (κ2) is 15.2. The first-order chi connectivity index (χ1) is 18.2. The SMILES string of the molecule is CC.CC.N#C/C(=C\c1ccc(O)c(O)c1)C(=O)N1CCN(C(=O)/C(C#N)=C/c2ccc(O)c(O)c2)CC1. The lowest BCUT2D eigenvalue weighted by molar-refractivity contribution is -0.134. The Labute approximate surface area is 222 Å². The van der Waals surface area contributed by atoms with E-state index in [1.54, 1.807) is 0 Å². The van der Waals surface area contributed by atoms with Crippen LogP contribution in [0.15, 0.2) is 47.5 Å². The molecule has 0 aliphatic carbocycles. The summed E-state index contributed by atoms with van der Waals surface area (Å²) in [5.74, 6) is -2.49. The van der Waals surface area contributed by atoms with E-state index in [2.05, 4.69) is 0 Å². The fraction of sp³-hybridized carbons (Fsp3) is 0.286. The van der Waals surface area contributed by atoms with Crippen LogP contribution in [0.1, 0.15) is 38.8 Å². The number of piperazine rings is 1. The van der Waals surface area contributed by atoms with E-state index in [1.807, 2.05) is 39.8 Å². The maximum Gasteiger partial charge on any atom is 0.264 e. The molecule has 1 aliphatic rings. The third kappa shape index (κ3) is 8.04. The summed E-state index contributed by atoms with van der Waals surface area (Å²) in [5, 5.41) is 56.8. The van der Waals surface area contributed by atoms with Gasteiger partial charge in [-0.1, -0.05) is 39.8 Å². The van der Waals surface area contributed by atoms with Crippen molar-refractivity contribution < 1.29 is 30.0 Å². The molecule has 4 N–H and O–H groups in total. The molecule has 10 nitrogen and oxygen atoms in total. The van der Waals surface area contributed by atoms with Gasteiger partial charge in [-0.05, 0) is 47.5 Å². The minimum atomic E-state index is -0.544. The van der Waals surface area contributed by atoms with Gasteiger partial charge in [0.1, 0.15) is 23.3 Å². The fourth-order valence-corrected chi connectivity index (χ4v) is 3.33. The number of carbonyl (C=O) groups excluding carboxylic acids is 2. The van der Waals surface area contributed by atoms with Gasteiger partial charge in [-0.3, -0.25) is 9.59 Å². The van der Waals surface area contributed by atoms with Gasteiger partial charge in [-0.15, -0.1) is 0 Å². The van der Waals surface area contributed by atoms with E-state index in [4.69, 9.17) is 0 Å². The van der Waals surface area contributed by atoms with Gasteiger partial charge < -0.3 is 30.2 Å². The van der Waals surface area contributed by atoms with Crippen molar-refractivity contribution in [1.29, 1.82) is 10.5 Å². The quantitative estimate of drug-likeness (QED) is 0.268. The van der Waals surface area contributed by atoms with Crippen LogP contribution in [0.3, 0.4) is 0 Å². The van der Waals surface area contributed by atoms with E-state index in [9.17, 15) is 40.5 Å². The van der Waals surface area contributed by atoms with Crippen molar-refractivity contribution >= 4 is 24.0 Å². The second-order valence-corrected chi connectivity index (χ2v) is 7.42. The number of nitriles is 2. The molecule has 0 aromatic heterocycles. The Morgan fingerprint density at radius 3 is 1.24 bits per heavy atom. The first kappa shape index (κ1) is 31.1. The van der Waals surface area contributed by atoms with Crippen LogP contribution < -0.4 is 0 Å².